The lowest BCUT2D eigenvalue weighted by Gasteiger charge is -2.18. The molecule has 39 heavy (non-hydrogen) atoms. The molecule has 0 saturated heterocycles. The molecule has 0 aliphatic heterocycles. The van der Waals surface area contributed by atoms with Gasteiger partial charge < -0.3 is 19.9 Å². The van der Waals surface area contributed by atoms with Gasteiger partial charge >= 0.3 is 5.97 Å². The van der Waals surface area contributed by atoms with Gasteiger partial charge in [0.1, 0.15) is 5.75 Å². The van der Waals surface area contributed by atoms with E-state index in [1.165, 1.54) is 18.4 Å². The third-order valence-electron chi connectivity index (χ3n) is 7.94. The van der Waals surface area contributed by atoms with Crippen LogP contribution in [0, 0.1) is 12.8 Å². The van der Waals surface area contributed by atoms with Crippen LogP contribution in [0.2, 0.25) is 0 Å². The second kappa shape index (κ2) is 14.1. The van der Waals surface area contributed by atoms with Crippen LogP contribution in [0.3, 0.4) is 0 Å². The highest BCUT2D eigenvalue weighted by molar-refractivity contribution is 5.78. The zero-order valence-electron chi connectivity index (χ0n) is 23.2. The summed E-state index contributed by atoms with van der Waals surface area (Å²) in [7, 11) is 0. The van der Waals surface area contributed by atoms with E-state index in [0.717, 1.165) is 78.6 Å². The Bertz CT molecular complexity index is 1210. The highest BCUT2D eigenvalue weighted by atomic mass is 16.5. The third-order valence-corrected chi connectivity index (χ3v) is 7.94. The van der Waals surface area contributed by atoms with Crippen molar-refractivity contribution < 1.29 is 24.2 Å². The number of carboxylic acid groups (broad SMARTS) is 1. The molecule has 0 aromatic heterocycles. The normalized spacial score (nSPS) is 18.7. The van der Waals surface area contributed by atoms with Crippen molar-refractivity contribution in [3.05, 3.63) is 70.8 Å². The Balaban J connectivity index is 0.000000333. The van der Waals surface area contributed by atoms with E-state index in [4.69, 9.17) is 14.6 Å². The molecule has 1 amide bonds. The molecule has 208 valence electrons. The zero-order valence-corrected chi connectivity index (χ0v) is 23.2. The first kappa shape index (κ1) is 28.6. The first-order valence-corrected chi connectivity index (χ1v) is 14.3. The number of carbonyl (C=O) groups is 2. The molecule has 2 N–H and O–H groups in total. The number of amides is 1. The molecule has 3 aliphatic carbocycles. The monoisotopic (exact) mass is 531 g/mol. The maximum absolute atomic E-state index is 11.0. The minimum absolute atomic E-state index is 0.0289. The largest absolute Gasteiger partial charge is 0.494 e. The number of rotatable bonds is 9. The number of allylic oxidation sites excluding steroid dienone is 2. The van der Waals surface area contributed by atoms with Crippen LogP contribution in [-0.4, -0.2) is 30.2 Å². The Kier molecular flexibility index (Phi) is 10.4. The number of hydrogen-bond acceptors (Lipinski definition) is 4. The van der Waals surface area contributed by atoms with Crippen molar-refractivity contribution in [2.75, 3.05) is 11.9 Å². The topological polar surface area (TPSA) is 84.9 Å². The summed E-state index contributed by atoms with van der Waals surface area (Å²) >= 11 is 0. The zero-order chi connectivity index (χ0) is 27.6. The van der Waals surface area contributed by atoms with E-state index in [0.29, 0.717) is 19.6 Å². The van der Waals surface area contributed by atoms with Crippen molar-refractivity contribution in [1.29, 1.82) is 0 Å². The molecule has 5 rings (SSSR count). The van der Waals surface area contributed by atoms with Gasteiger partial charge in [-0.05, 0) is 98.4 Å². The smallest absolute Gasteiger partial charge is 0.306 e. The minimum Gasteiger partial charge on any atom is -0.494 e. The van der Waals surface area contributed by atoms with E-state index in [9.17, 15) is 9.59 Å². The standard InChI is InChI=1S/C26H29NO3.C7H12O2/c1-3-29-26-10-6-9-24(18(26)2)25-12-11-22(27-17-28)13-21(25)16-30-23-14-19-7-4-5-8-20(19)15-23;8-7(9)6-4-2-1-3-5-6/h4,6-7,9-13,17,23H,3,5,8,14-16H2,1-2H3,(H,27,28);6H,1-5H2,(H,8,9). The van der Waals surface area contributed by atoms with Crippen LogP contribution in [0.15, 0.2) is 59.7 Å². The summed E-state index contributed by atoms with van der Waals surface area (Å²) in [5.74, 6) is 0.268. The lowest BCUT2D eigenvalue weighted by Crippen LogP contribution is -2.16. The molecule has 0 spiro atoms. The van der Waals surface area contributed by atoms with Crippen LogP contribution < -0.4 is 10.1 Å². The average molecular weight is 532 g/mol. The summed E-state index contributed by atoms with van der Waals surface area (Å²) in [6, 6.07) is 12.1. The Morgan fingerprint density at radius 1 is 1.10 bits per heavy atom. The molecule has 1 atom stereocenters. The molecule has 3 aliphatic rings. The van der Waals surface area contributed by atoms with Crippen LogP contribution in [-0.2, 0) is 20.9 Å². The van der Waals surface area contributed by atoms with Crippen LogP contribution in [0.5, 0.6) is 5.75 Å². The van der Waals surface area contributed by atoms with E-state index in [2.05, 4.69) is 36.5 Å². The fourth-order valence-corrected chi connectivity index (χ4v) is 5.83. The van der Waals surface area contributed by atoms with Crippen LogP contribution in [0.4, 0.5) is 5.69 Å². The minimum atomic E-state index is -0.602. The van der Waals surface area contributed by atoms with Crippen molar-refractivity contribution in [3.63, 3.8) is 0 Å². The van der Waals surface area contributed by atoms with Crippen LogP contribution >= 0.6 is 0 Å². The Hall–Kier alpha value is -3.38. The van der Waals surface area contributed by atoms with Crippen molar-refractivity contribution in [2.45, 2.75) is 84.3 Å². The fraction of sp³-hybridized carbons (Fsp3) is 0.455. The summed E-state index contributed by atoms with van der Waals surface area (Å²) in [5.41, 5.74) is 8.21. The van der Waals surface area contributed by atoms with E-state index in [1.54, 1.807) is 5.57 Å². The molecule has 0 heterocycles. The lowest BCUT2D eigenvalue weighted by atomic mass is 9.90. The number of carboxylic acids is 1. The highest BCUT2D eigenvalue weighted by Gasteiger charge is 2.25. The van der Waals surface area contributed by atoms with E-state index in [1.807, 2.05) is 31.2 Å². The van der Waals surface area contributed by atoms with E-state index >= 15 is 0 Å². The Morgan fingerprint density at radius 2 is 1.92 bits per heavy atom. The molecule has 2 aromatic rings. The highest BCUT2D eigenvalue weighted by Crippen LogP contribution is 2.37. The van der Waals surface area contributed by atoms with Gasteiger partial charge in [0.15, 0.2) is 0 Å². The molecule has 6 nitrogen and oxygen atoms in total. The van der Waals surface area contributed by atoms with Crippen molar-refractivity contribution in [3.8, 4) is 16.9 Å². The van der Waals surface area contributed by atoms with Crippen LogP contribution in [0.1, 0.15) is 75.8 Å². The predicted octanol–water partition coefficient (Wildman–Crippen LogP) is 7.61. The molecule has 1 fully saturated rings. The van der Waals surface area contributed by atoms with E-state index in [-0.39, 0.29) is 12.0 Å². The number of nitrogens with one attached hydrogen (secondary N) is 1. The Labute approximate surface area is 232 Å². The van der Waals surface area contributed by atoms with Gasteiger partial charge in [-0.1, -0.05) is 55.2 Å². The maximum Gasteiger partial charge on any atom is 0.306 e. The number of ether oxygens (including phenoxy) is 2. The van der Waals surface area contributed by atoms with E-state index < -0.39 is 5.97 Å². The second-order valence-corrected chi connectivity index (χ2v) is 10.6. The number of benzene rings is 2. The molecule has 0 radical (unpaired) electrons. The van der Waals surface area contributed by atoms with Crippen LogP contribution in [0.25, 0.3) is 11.1 Å². The molecule has 2 aromatic carbocycles. The number of carbonyl (C=O) groups excluding carboxylic acids is 1. The van der Waals surface area contributed by atoms with Crippen molar-refractivity contribution in [2.24, 2.45) is 5.92 Å². The van der Waals surface area contributed by atoms with Crippen molar-refractivity contribution in [1.82, 2.24) is 0 Å². The van der Waals surface area contributed by atoms with Gasteiger partial charge in [-0.15, -0.1) is 0 Å². The summed E-state index contributed by atoms with van der Waals surface area (Å²) in [6.45, 7) is 5.23. The predicted molar refractivity (Wildman–Crippen MR) is 155 cm³/mol. The maximum atomic E-state index is 11.0. The van der Waals surface area contributed by atoms with Gasteiger partial charge in [0.25, 0.3) is 0 Å². The molecule has 6 heteroatoms. The second-order valence-electron chi connectivity index (χ2n) is 10.6. The van der Waals surface area contributed by atoms with Gasteiger partial charge in [-0.3, -0.25) is 9.59 Å². The molecular weight excluding hydrogens is 490 g/mol. The number of aliphatic carboxylic acids is 1. The molecular formula is C33H41NO5. The van der Waals surface area contributed by atoms with Gasteiger partial charge in [-0.25, -0.2) is 0 Å². The lowest BCUT2D eigenvalue weighted by molar-refractivity contribution is -0.142. The summed E-state index contributed by atoms with van der Waals surface area (Å²) in [5, 5.41) is 11.3. The molecule has 1 saturated carbocycles. The Morgan fingerprint density at radius 3 is 2.62 bits per heavy atom. The first-order valence-electron chi connectivity index (χ1n) is 14.3. The summed E-state index contributed by atoms with van der Waals surface area (Å²) < 4.78 is 12.2. The third kappa shape index (κ3) is 7.60. The quantitative estimate of drug-likeness (QED) is 0.325. The summed E-state index contributed by atoms with van der Waals surface area (Å²) in [6.07, 6.45) is 15.0. The van der Waals surface area contributed by atoms with Gasteiger partial charge in [0, 0.05) is 5.69 Å². The van der Waals surface area contributed by atoms with Gasteiger partial charge in [0.2, 0.25) is 6.41 Å². The number of hydrogen-bond donors (Lipinski definition) is 2. The fourth-order valence-electron chi connectivity index (χ4n) is 5.83. The SMILES string of the molecule is CCOc1cccc(-c2ccc(NC=O)cc2COC2CC3=C(CCC=C3)C2)c1C.O=C(O)C1CCCCC1. The first-order chi connectivity index (χ1) is 19.0. The van der Waals surface area contributed by atoms with Gasteiger partial charge in [0.05, 0.1) is 25.2 Å². The van der Waals surface area contributed by atoms with Crippen molar-refractivity contribution >= 4 is 18.1 Å². The summed E-state index contributed by atoms with van der Waals surface area (Å²) in [4.78, 5) is 21.3. The number of anilines is 1. The van der Waals surface area contributed by atoms with Gasteiger partial charge in [-0.2, -0.15) is 0 Å². The average Bonchev–Trinajstić information content (AvgIpc) is 3.38. The molecule has 1 unspecified atom stereocenters. The molecule has 0 bridgehead atoms.